The lowest BCUT2D eigenvalue weighted by Crippen LogP contribution is -2.82. The zero-order chi connectivity index (χ0) is 11.5. The summed E-state index contributed by atoms with van der Waals surface area (Å²) in [5, 5.41) is 0. The van der Waals surface area contributed by atoms with Crippen LogP contribution in [0.1, 0.15) is 40.0 Å². The second-order valence-corrected chi connectivity index (χ2v) is 6.16. The summed E-state index contributed by atoms with van der Waals surface area (Å²) in [7, 11) is 1.81. The standard InChI is InChI=1S/C11H20N2O2/c1-9(2,3)15-8(14)13(4)11-5-10(12,6-11)7-11/h5-7,12H2,1-4H3. The van der Waals surface area contributed by atoms with Crippen LogP contribution in [0.4, 0.5) is 4.79 Å². The van der Waals surface area contributed by atoms with Crippen molar-refractivity contribution in [1.82, 2.24) is 4.90 Å². The Morgan fingerprint density at radius 3 is 2.13 bits per heavy atom. The van der Waals surface area contributed by atoms with Crippen LogP contribution in [0.3, 0.4) is 0 Å². The van der Waals surface area contributed by atoms with Crippen LogP contribution >= 0.6 is 0 Å². The summed E-state index contributed by atoms with van der Waals surface area (Å²) < 4.78 is 5.33. The van der Waals surface area contributed by atoms with E-state index in [4.69, 9.17) is 10.5 Å². The molecule has 3 aliphatic rings. The van der Waals surface area contributed by atoms with Gasteiger partial charge in [0.2, 0.25) is 0 Å². The molecule has 4 nitrogen and oxygen atoms in total. The fourth-order valence-corrected chi connectivity index (χ4v) is 2.69. The molecule has 1 amide bonds. The Kier molecular flexibility index (Phi) is 1.91. The van der Waals surface area contributed by atoms with Gasteiger partial charge in [0.1, 0.15) is 5.60 Å². The van der Waals surface area contributed by atoms with Crippen molar-refractivity contribution >= 4 is 6.09 Å². The Hall–Kier alpha value is -0.770. The van der Waals surface area contributed by atoms with Gasteiger partial charge in [-0.3, -0.25) is 0 Å². The number of nitrogens with zero attached hydrogens (tertiary/aromatic N) is 1. The van der Waals surface area contributed by atoms with Gasteiger partial charge in [0.15, 0.2) is 0 Å². The van der Waals surface area contributed by atoms with Crippen molar-refractivity contribution in [2.45, 2.75) is 56.7 Å². The Morgan fingerprint density at radius 2 is 1.80 bits per heavy atom. The van der Waals surface area contributed by atoms with E-state index in [9.17, 15) is 4.79 Å². The highest BCUT2D eigenvalue weighted by Gasteiger charge is 2.69. The lowest BCUT2D eigenvalue weighted by Gasteiger charge is -2.71. The molecule has 2 bridgehead atoms. The normalized spacial score (nSPS) is 37.7. The second kappa shape index (κ2) is 2.67. The van der Waals surface area contributed by atoms with Gasteiger partial charge < -0.3 is 15.4 Å². The SMILES string of the molecule is CN(C(=O)OC(C)(C)C)C12CC(N)(C1)C2. The number of nitrogens with two attached hydrogens (primary N) is 1. The third-order valence-corrected chi connectivity index (χ3v) is 3.42. The van der Waals surface area contributed by atoms with E-state index in [0.717, 1.165) is 19.3 Å². The van der Waals surface area contributed by atoms with Gasteiger partial charge in [-0.15, -0.1) is 0 Å². The monoisotopic (exact) mass is 212 g/mol. The van der Waals surface area contributed by atoms with Crippen molar-refractivity contribution in [3.63, 3.8) is 0 Å². The lowest BCUT2D eigenvalue weighted by molar-refractivity contribution is -0.146. The van der Waals surface area contributed by atoms with E-state index in [2.05, 4.69) is 0 Å². The Labute approximate surface area is 90.8 Å². The van der Waals surface area contributed by atoms with E-state index in [0.29, 0.717) is 0 Å². The number of ether oxygens (including phenoxy) is 1. The number of amides is 1. The van der Waals surface area contributed by atoms with Crippen molar-refractivity contribution in [3.8, 4) is 0 Å². The summed E-state index contributed by atoms with van der Waals surface area (Å²) in [6.07, 6.45) is 2.55. The quantitative estimate of drug-likeness (QED) is 0.716. The van der Waals surface area contributed by atoms with Gasteiger partial charge >= 0.3 is 6.09 Å². The Morgan fingerprint density at radius 1 is 1.33 bits per heavy atom. The molecule has 15 heavy (non-hydrogen) atoms. The van der Waals surface area contributed by atoms with Crippen LogP contribution in [0.15, 0.2) is 0 Å². The molecule has 0 radical (unpaired) electrons. The lowest BCUT2D eigenvalue weighted by atomic mass is 9.44. The van der Waals surface area contributed by atoms with Crippen LogP contribution < -0.4 is 5.73 Å². The minimum absolute atomic E-state index is 0.0110. The largest absolute Gasteiger partial charge is 0.444 e. The molecular formula is C11H20N2O2. The molecule has 0 aliphatic heterocycles. The maximum atomic E-state index is 11.8. The molecule has 0 unspecified atom stereocenters. The van der Waals surface area contributed by atoms with Crippen LogP contribution in [0.2, 0.25) is 0 Å². The van der Waals surface area contributed by atoms with Crippen molar-refractivity contribution in [1.29, 1.82) is 0 Å². The van der Waals surface area contributed by atoms with Crippen molar-refractivity contribution in [2.75, 3.05) is 7.05 Å². The molecule has 3 fully saturated rings. The molecule has 4 heteroatoms. The fourth-order valence-electron chi connectivity index (χ4n) is 2.69. The van der Waals surface area contributed by atoms with Gasteiger partial charge in [0, 0.05) is 12.6 Å². The van der Waals surface area contributed by atoms with Gasteiger partial charge in [-0.25, -0.2) is 4.79 Å². The first-order valence-electron chi connectivity index (χ1n) is 5.42. The summed E-state index contributed by atoms with van der Waals surface area (Å²) in [6, 6.07) is 0. The molecule has 0 aromatic rings. The van der Waals surface area contributed by atoms with E-state index in [-0.39, 0.29) is 17.2 Å². The first kappa shape index (κ1) is 10.7. The minimum atomic E-state index is -0.421. The molecule has 0 saturated heterocycles. The van der Waals surface area contributed by atoms with Crippen LogP contribution in [0, 0.1) is 0 Å². The van der Waals surface area contributed by atoms with Crippen molar-refractivity contribution < 1.29 is 9.53 Å². The number of hydrogen-bond acceptors (Lipinski definition) is 3. The predicted molar refractivity (Wildman–Crippen MR) is 57.5 cm³/mol. The number of hydrogen-bond donors (Lipinski definition) is 1. The number of rotatable bonds is 1. The van der Waals surface area contributed by atoms with E-state index >= 15 is 0 Å². The highest BCUT2D eigenvalue weighted by atomic mass is 16.6. The minimum Gasteiger partial charge on any atom is -0.444 e. The molecular weight excluding hydrogens is 192 g/mol. The van der Waals surface area contributed by atoms with Crippen LogP contribution in [0.25, 0.3) is 0 Å². The van der Waals surface area contributed by atoms with Crippen LogP contribution in [0.5, 0.6) is 0 Å². The van der Waals surface area contributed by atoms with Gasteiger partial charge in [-0.2, -0.15) is 0 Å². The van der Waals surface area contributed by atoms with Gasteiger partial charge in [0.05, 0.1) is 5.54 Å². The predicted octanol–water partition coefficient (Wildman–Crippen LogP) is 1.49. The molecule has 3 aliphatic carbocycles. The third-order valence-electron chi connectivity index (χ3n) is 3.42. The van der Waals surface area contributed by atoms with Gasteiger partial charge in [-0.1, -0.05) is 0 Å². The average molecular weight is 212 g/mol. The van der Waals surface area contributed by atoms with Gasteiger partial charge in [0.25, 0.3) is 0 Å². The first-order valence-corrected chi connectivity index (χ1v) is 5.42. The zero-order valence-corrected chi connectivity index (χ0v) is 9.96. The maximum absolute atomic E-state index is 11.8. The molecule has 3 saturated carbocycles. The number of carbonyl (C=O) groups is 1. The molecule has 0 spiro atoms. The molecule has 3 rings (SSSR count). The third kappa shape index (κ3) is 1.61. The van der Waals surface area contributed by atoms with Crippen molar-refractivity contribution in [2.24, 2.45) is 5.73 Å². The summed E-state index contributed by atoms with van der Waals surface area (Å²) in [5.41, 5.74) is 5.57. The summed E-state index contributed by atoms with van der Waals surface area (Å²) in [5.74, 6) is 0. The summed E-state index contributed by atoms with van der Waals surface area (Å²) >= 11 is 0. The van der Waals surface area contributed by atoms with E-state index < -0.39 is 5.60 Å². The van der Waals surface area contributed by atoms with E-state index in [1.165, 1.54) is 0 Å². The first-order chi connectivity index (χ1) is 6.66. The fraction of sp³-hybridized carbons (Fsp3) is 0.909. The van der Waals surface area contributed by atoms with Crippen LogP contribution in [-0.4, -0.2) is 34.7 Å². The summed E-state index contributed by atoms with van der Waals surface area (Å²) in [4.78, 5) is 13.5. The van der Waals surface area contributed by atoms with Gasteiger partial charge in [-0.05, 0) is 40.0 Å². The zero-order valence-electron chi connectivity index (χ0n) is 9.96. The Balaban J connectivity index is 1.92. The highest BCUT2D eigenvalue weighted by molar-refractivity contribution is 5.70. The molecule has 86 valence electrons. The van der Waals surface area contributed by atoms with E-state index in [1.54, 1.807) is 4.90 Å². The number of carbonyl (C=O) groups excluding carboxylic acids is 1. The molecule has 0 aromatic carbocycles. The summed E-state index contributed by atoms with van der Waals surface area (Å²) in [6.45, 7) is 5.64. The highest BCUT2D eigenvalue weighted by Crippen LogP contribution is 2.61. The molecule has 0 aromatic heterocycles. The molecule has 0 heterocycles. The average Bonchev–Trinajstić information content (AvgIpc) is 1.92. The van der Waals surface area contributed by atoms with Crippen molar-refractivity contribution in [3.05, 3.63) is 0 Å². The van der Waals surface area contributed by atoms with E-state index in [1.807, 2.05) is 27.8 Å². The smallest absolute Gasteiger partial charge is 0.410 e. The maximum Gasteiger partial charge on any atom is 0.410 e. The molecule has 2 N–H and O–H groups in total. The molecule has 0 atom stereocenters. The topological polar surface area (TPSA) is 55.6 Å². The second-order valence-electron chi connectivity index (χ2n) is 6.16. The Bertz CT molecular complexity index is 286. The van der Waals surface area contributed by atoms with Crippen LogP contribution in [-0.2, 0) is 4.74 Å².